The summed E-state index contributed by atoms with van der Waals surface area (Å²) in [4.78, 5) is 12.9. The van der Waals surface area contributed by atoms with Crippen LogP contribution in [0.4, 0.5) is 0 Å². The normalized spacial score (nSPS) is 17.4. The Kier molecular flexibility index (Phi) is 7.02. The number of nitrogens with one attached hydrogen (secondary N) is 1. The number of carbonyl (C=O) groups excluding carboxylic acids is 1. The lowest BCUT2D eigenvalue weighted by Crippen LogP contribution is -2.43. The number of nitrogens with zero attached hydrogens (tertiary/aromatic N) is 1. The summed E-state index contributed by atoms with van der Waals surface area (Å²) < 4.78 is 5.91. The van der Waals surface area contributed by atoms with Gasteiger partial charge in [0, 0.05) is 0 Å². The Hall–Kier alpha value is -2.84. The highest BCUT2D eigenvalue weighted by Crippen LogP contribution is 2.38. The zero-order valence-corrected chi connectivity index (χ0v) is 18.6. The van der Waals surface area contributed by atoms with E-state index in [0.717, 1.165) is 36.8 Å². The van der Waals surface area contributed by atoms with Gasteiger partial charge < -0.3 is 15.2 Å². The molecule has 0 spiro atoms. The first-order chi connectivity index (χ1) is 14.7. The molecule has 0 aromatic heterocycles. The Balaban J connectivity index is 1.69. The fourth-order valence-corrected chi connectivity index (χ4v) is 4.15. The number of aliphatic hydroxyl groups is 1. The van der Waals surface area contributed by atoms with E-state index in [1.165, 1.54) is 0 Å². The zero-order valence-electron chi connectivity index (χ0n) is 18.6. The second-order valence-corrected chi connectivity index (χ2v) is 9.18. The molecule has 0 saturated heterocycles. The van der Waals surface area contributed by atoms with E-state index in [9.17, 15) is 15.2 Å². The molecule has 0 aliphatic heterocycles. The number of nitriles is 1. The summed E-state index contributed by atoms with van der Waals surface area (Å²) in [5.41, 5.74) is 0.194. The molecule has 1 aliphatic rings. The molecule has 0 bridgehead atoms. The monoisotopic (exact) mass is 420 g/mol. The van der Waals surface area contributed by atoms with Crippen LogP contribution in [0.15, 0.2) is 54.6 Å². The van der Waals surface area contributed by atoms with Gasteiger partial charge in [0.15, 0.2) is 0 Å². The molecule has 2 atom stereocenters. The maximum Gasteiger partial charge on any atom is 0.227 e. The third-order valence-electron chi connectivity index (χ3n) is 6.21. The van der Waals surface area contributed by atoms with Crippen LogP contribution in [0.5, 0.6) is 5.75 Å². The van der Waals surface area contributed by atoms with Gasteiger partial charge >= 0.3 is 0 Å². The Morgan fingerprint density at radius 2 is 1.74 bits per heavy atom. The number of carbonyl (C=O) groups is 1. The first-order valence-electron chi connectivity index (χ1n) is 11.0. The van der Waals surface area contributed by atoms with Crippen molar-refractivity contribution < 1.29 is 14.6 Å². The van der Waals surface area contributed by atoms with Crippen LogP contribution >= 0.6 is 0 Å². The van der Waals surface area contributed by atoms with Crippen LogP contribution in [-0.4, -0.2) is 23.2 Å². The van der Waals surface area contributed by atoms with Crippen molar-refractivity contribution in [2.24, 2.45) is 5.41 Å². The van der Waals surface area contributed by atoms with E-state index in [0.29, 0.717) is 12.4 Å². The van der Waals surface area contributed by atoms with E-state index in [1.54, 1.807) is 13.8 Å². The van der Waals surface area contributed by atoms with Crippen LogP contribution in [0.3, 0.4) is 0 Å². The lowest BCUT2D eigenvalue weighted by atomic mass is 9.89. The van der Waals surface area contributed by atoms with Crippen molar-refractivity contribution in [3.8, 4) is 11.8 Å². The van der Waals surface area contributed by atoms with Gasteiger partial charge in [-0.1, -0.05) is 55.3 Å². The molecule has 5 nitrogen and oxygen atoms in total. The average molecular weight is 421 g/mol. The predicted octanol–water partition coefficient (Wildman–Crippen LogP) is 4.88. The molecule has 1 saturated carbocycles. The number of benzene rings is 2. The molecule has 2 aromatic rings. The molecule has 164 valence electrons. The minimum absolute atomic E-state index is 0.143. The lowest BCUT2D eigenvalue weighted by Gasteiger charge is -2.32. The van der Waals surface area contributed by atoms with Crippen molar-refractivity contribution in [3.63, 3.8) is 0 Å². The van der Waals surface area contributed by atoms with Crippen molar-refractivity contribution in [2.75, 3.05) is 6.61 Å². The van der Waals surface area contributed by atoms with Gasteiger partial charge in [0.1, 0.15) is 12.4 Å². The van der Waals surface area contributed by atoms with Crippen molar-refractivity contribution in [2.45, 2.75) is 64.0 Å². The standard InChI is InChI=1S/C26H32N2O3/c1-19(20-9-5-4-6-10-20)24(29)28-23(25(2,3)30)21-11-13-22(14-12-21)31-18-26(17-27)15-7-8-16-26/h4-6,9-14,19,23,30H,7-8,15-16,18H2,1-3H3,(H,28,29)/t19-,23+/m0/s1. The van der Waals surface area contributed by atoms with Gasteiger partial charge in [-0.2, -0.15) is 5.26 Å². The van der Waals surface area contributed by atoms with E-state index in [4.69, 9.17) is 4.74 Å². The molecule has 5 heteroatoms. The number of rotatable bonds is 8. The van der Waals surface area contributed by atoms with Crippen molar-refractivity contribution >= 4 is 5.91 Å². The topological polar surface area (TPSA) is 82.3 Å². The Morgan fingerprint density at radius 1 is 1.13 bits per heavy atom. The second kappa shape index (κ2) is 9.53. The molecule has 3 rings (SSSR count). The van der Waals surface area contributed by atoms with E-state index in [2.05, 4.69) is 11.4 Å². The lowest BCUT2D eigenvalue weighted by molar-refractivity contribution is -0.125. The smallest absolute Gasteiger partial charge is 0.227 e. The summed E-state index contributed by atoms with van der Waals surface area (Å²) in [5, 5.41) is 23.3. The van der Waals surface area contributed by atoms with Crippen LogP contribution in [-0.2, 0) is 4.79 Å². The third-order valence-corrected chi connectivity index (χ3v) is 6.21. The van der Waals surface area contributed by atoms with Crippen LogP contribution in [0.25, 0.3) is 0 Å². The van der Waals surface area contributed by atoms with Gasteiger partial charge in [0.25, 0.3) is 0 Å². The molecule has 2 aromatic carbocycles. The molecule has 2 N–H and O–H groups in total. The summed E-state index contributed by atoms with van der Waals surface area (Å²) in [6.07, 6.45) is 3.91. The highest BCUT2D eigenvalue weighted by Gasteiger charge is 2.35. The quantitative estimate of drug-likeness (QED) is 0.637. The highest BCUT2D eigenvalue weighted by atomic mass is 16.5. The molecular weight excluding hydrogens is 388 g/mol. The largest absolute Gasteiger partial charge is 0.492 e. The minimum Gasteiger partial charge on any atom is -0.492 e. The third kappa shape index (κ3) is 5.65. The average Bonchev–Trinajstić information content (AvgIpc) is 3.25. The van der Waals surface area contributed by atoms with Gasteiger partial charge in [-0.05, 0) is 56.9 Å². The van der Waals surface area contributed by atoms with Gasteiger partial charge in [0.2, 0.25) is 5.91 Å². The number of ether oxygens (including phenoxy) is 1. The molecule has 1 amide bonds. The van der Waals surface area contributed by atoms with Gasteiger partial charge in [0.05, 0.1) is 29.0 Å². The van der Waals surface area contributed by atoms with Gasteiger partial charge in [-0.3, -0.25) is 4.79 Å². The number of hydrogen-bond donors (Lipinski definition) is 2. The first-order valence-corrected chi connectivity index (χ1v) is 11.0. The Bertz CT molecular complexity index is 904. The van der Waals surface area contributed by atoms with E-state index < -0.39 is 11.6 Å². The maximum atomic E-state index is 12.9. The summed E-state index contributed by atoms with van der Waals surface area (Å²) in [6, 6.07) is 18.8. The summed E-state index contributed by atoms with van der Waals surface area (Å²) >= 11 is 0. The van der Waals surface area contributed by atoms with E-state index in [1.807, 2.05) is 61.5 Å². The molecular formula is C26H32N2O3. The van der Waals surface area contributed by atoms with E-state index in [-0.39, 0.29) is 17.2 Å². The van der Waals surface area contributed by atoms with Gasteiger partial charge in [-0.25, -0.2) is 0 Å². The second-order valence-electron chi connectivity index (χ2n) is 9.18. The zero-order chi connectivity index (χ0) is 22.5. The van der Waals surface area contributed by atoms with Gasteiger partial charge in [-0.15, -0.1) is 0 Å². The van der Waals surface area contributed by atoms with Crippen LogP contribution in [0, 0.1) is 16.7 Å². The maximum absolute atomic E-state index is 12.9. The fraction of sp³-hybridized carbons (Fsp3) is 0.462. The molecule has 0 unspecified atom stereocenters. The Morgan fingerprint density at radius 3 is 2.29 bits per heavy atom. The molecule has 1 fully saturated rings. The van der Waals surface area contributed by atoms with Crippen molar-refractivity contribution in [1.82, 2.24) is 5.32 Å². The summed E-state index contributed by atoms with van der Waals surface area (Å²) in [5.74, 6) is 0.210. The summed E-state index contributed by atoms with van der Waals surface area (Å²) in [7, 11) is 0. The molecule has 1 aliphatic carbocycles. The minimum atomic E-state index is -1.15. The molecule has 31 heavy (non-hydrogen) atoms. The Labute approximate surface area is 185 Å². The molecule has 0 radical (unpaired) electrons. The van der Waals surface area contributed by atoms with Crippen molar-refractivity contribution in [3.05, 3.63) is 65.7 Å². The fourth-order valence-electron chi connectivity index (χ4n) is 4.15. The number of amides is 1. The first kappa shape index (κ1) is 22.8. The van der Waals surface area contributed by atoms with Crippen molar-refractivity contribution in [1.29, 1.82) is 5.26 Å². The van der Waals surface area contributed by atoms with E-state index >= 15 is 0 Å². The van der Waals surface area contributed by atoms with Crippen LogP contribution in [0.2, 0.25) is 0 Å². The molecule has 0 heterocycles. The SMILES string of the molecule is C[C@H](C(=O)N[C@H](c1ccc(OCC2(C#N)CCCC2)cc1)C(C)(C)O)c1ccccc1. The van der Waals surface area contributed by atoms with Crippen LogP contribution in [0.1, 0.15) is 69.5 Å². The predicted molar refractivity (Wildman–Crippen MR) is 120 cm³/mol. The highest BCUT2D eigenvalue weighted by molar-refractivity contribution is 5.83. The van der Waals surface area contributed by atoms with Crippen LogP contribution < -0.4 is 10.1 Å². The summed E-state index contributed by atoms with van der Waals surface area (Å²) in [6.45, 7) is 5.62. The number of hydrogen-bond acceptors (Lipinski definition) is 4.